The minimum absolute atomic E-state index is 0.000883. The number of para-hydroxylation sites is 1. The molecule has 3 heterocycles. The maximum Gasteiger partial charge on any atom is 0.344 e. The molecule has 2 unspecified atom stereocenters. The summed E-state index contributed by atoms with van der Waals surface area (Å²) in [5.41, 5.74) is 3.14. The van der Waals surface area contributed by atoms with Crippen molar-refractivity contribution in [1.29, 1.82) is 0 Å². The third kappa shape index (κ3) is 13.7. The lowest BCUT2D eigenvalue weighted by atomic mass is 9.93. The van der Waals surface area contributed by atoms with Gasteiger partial charge in [-0.05, 0) is 95.5 Å². The SMILES string of the molecule is CC1(C)OC(c2ccco2)CN1C(=O)C(Cl)Cl.CCCCCOC(=O)COc1cc(N2C(=O)C3=C(CCCC3)C2=O)c(F)cc1Cl.CCc1cccc(C)c1N(C(=O)CCl)C(C)COC. The molecule has 356 valence electrons. The maximum atomic E-state index is 14.5. The topological polar surface area (TPSA) is 145 Å². The van der Waals surface area contributed by atoms with Crippen LogP contribution in [-0.2, 0) is 44.6 Å². The van der Waals surface area contributed by atoms with Gasteiger partial charge in [-0.25, -0.2) is 14.1 Å². The van der Waals surface area contributed by atoms with E-state index in [0.717, 1.165) is 66.3 Å². The molecule has 2 aliphatic heterocycles. The van der Waals surface area contributed by atoms with Gasteiger partial charge in [0.1, 0.15) is 35.0 Å². The van der Waals surface area contributed by atoms with Crippen LogP contribution in [0.2, 0.25) is 5.02 Å². The first-order chi connectivity index (χ1) is 30.9. The number of amides is 4. The van der Waals surface area contributed by atoms with Gasteiger partial charge < -0.3 is 33.2 Å². The molecule has 6 rings (SSSR count). The van der Waals surface area contributed by atoms with Gasteiger partial charge >= 0.3 is 5.97 Å². The second kappa shape index (κ2) is 25.1. The van der Waals surface area contributed by atoms with Gasteiger partial charge in [0.2, 0.25) is 5.91 Å². The number of benzene rings is 2. The smallest absolute Gasteiger partial charge is 0.344 e. The summed E-state index contributed by atoms with van der Waals surface area (Å²) in [5.74, 6) is -2.18. The van der Waals surface area contributed by atoms with Gasteiger partial charge in [-0.2, -0.15) is 0 Å². The minimum atomic E-state index is -1.08. The number of aryl methyl sites for hydroxylation is 2. The second-order valence-corrected chi connectivity index (χ2v) is 17.8. The predicted molar refractivity (Wildman–Crippen MR) is 249 cm³/mol. The Kier molecular flexibility index (Phi) is 20.6. The highest BCUT2D eigenvalue weighted by molar-refractivity contribution is 6.53. The number of anilines is 2. The van der Waals surface area contributed by atoms with Crippen LogP contribution in [0.1, 0.15) is 103 Å². The number of unbranched alkanes of at least 4 members (excludes halogenated alkanes) is 2. The van der Waals surface area contributed by atoms with E-state index in [1.54, 1.807) is 38.2 Å². The first-order valence-corrected chi connectivity index (χ1v) is 23.3. The summed E-state index contributed by atoms with van der Waals surface area (Å²) in [7, 11) is 1.64. The van der Waals surface area contributed by atoms with Gasteiger partial charge in [-0.3, -0.25) is 19.2 Å². The van der Waals surface area contributed by atoms with Crippen molar-refractivity contribution in [2.75, 3.05) is 49.2 Å². The van der Waals surface area contributed by atoms with Crippen molar-refractivity contribution in [3.05, 3.63) is 87.6 Å². The number of nitrogens with zero attached hydrogens (tertiary/aromatic N) is 3. The van der Waals surface area contributed by atoms with Crippen molar-refractivity contribution in [3.63, 3.8) is 0 Å². The molecular formula is C47H58Cl4FN3O10. The second-order valence-electron chi connectivity index (χ2n) is 16.0. The molecule has 18 heteroatoms. The Bertz CT molecular complexity index is 2140. The standard InChI is InChI=1S/C21H23ClFNO5.C15H22ClNO2.C11H13Cl2NO3/c1-2-3-6-9-28-19(25)12-29-18-11-17(16(23)10-15(18)22)24-20(26)13-7-4-5-8-14(13)21(24)27;1-5-13-8-6-7-11(2)15(13)17(14(18)9-16)12(3)10-19-4;1-11(2)14(10(15)9(12)13)6-8(17-11)7-4-3-5-16-7/h10-11H,2-9,12H2,1H3;6-8,12H,5,9-10H2,1-4H3;3-5,8-9H,6H2,1-2H3. The molecule has 65 heavy (non-hydrogen) atoms. The number of carbonyl (C=O) groups excluding carboxylic acids is 5. The minimum Gasteiger partial charge on any atom is -0.480 e. The number of carbonyl (C=O) groups is 5. The molecule has 1 fully saturated rings. The molecular weight excluding hydrogens is 927 g/mol. The Morgan fingerprint density at radius 1 is 1.02 bits per heavy atom. The van der Waals surface area contributed by atoms with Crippen LogP contribution in [0.4, 0.5) is 15.8 Å². The summed E-state index contributed by atoms with van der Waals surface area (Å²) in [6.45, 7) is 12.5. The monoisotopic (exact) mass is 983 g/mol. The fourth-order valence-corrected chi connectivity index (χ4v) is 8.30. The summed E-state index contributed by atoms with van der Waals surface area (Å²) in [5, 5.41) is -0.0677. The molecule has 2 atom stereocenters. The van der Waals surface area contributed by atoms with Crippen molar-refractivity contribution in [3.8, 4) is 5.75 Å². The number of methoxy groups -OCH3 is 1. The molecule has 0 N–H and O–H groups in total. The third-order valence-electron chi connectivity index (χ3n) is 10.9. The van der Waals surface area contributed by atoms with Crippen molar-refractivity contribution < 1.29 is 51.7 Å². The van der Waals surface area contributed by atoms with E-state index in [0.29, 0.717) is 49.5 Å². The predicted octanol–water partition coefficient (Wildman–Crippen LogP) is 10.2. The lowest BCUT2D eigenvalue weighted by molar-refractivity contribution is -0.146. The first-order valence-electron chi connectivity index (χ1n) is 21.6. The van der Waals surface area contributed by atoms with E-state index >= 15 is 0 Å². The Morgan fingerprint density at radius 3 is 2.26 bits per heavy atom. The number of imide groups is 1. The highest BCUT2D eigenvalue weighted by Gasteiger charge is 2.45. The van der Waals surface area contributed by atoms with Crippen molar-refractivity contribution in [2.24, 2.45) is 0 Å². The van der Waals surface area contributed by atoms with Gasteiger partial charge in [0.05, 0.1) is 48.5 Å². The number of furan rings is 1. The molecule has 0 radical (unpaired) electrons. The van der Waals surface area contributed by atoms with Gasteiger partial charge in [-0.15, -0.1) is 11.6 Å². The van der Waals surface area contributed by atoms with Crippen LogP contribution in [0.25, 0.3) is 0 Å². The number of alkyl halides is 3. The average Bonchev–Trinajstić information content (AvgIpc) is 3.99. The fraction of sp³-hybridized carbons (Fsp3) is 0.511. The summed E-state index contributed by atoms with van der Waals surface area (Å²) in [4.78, 5) is 64.2. The van der Waals surface area contributed by atoms with Crippen LogP contribution in [-0.4, -0.2) is 90.5 Å². The van der Waals surface area contributed by atoms with Crippen LogP contribution in [0, 0.1) is 12.7 Å². The molecule has 0 bridgehead atoms. The average molecular weight is 986 g/mol. The summed E-state index contributed by atoms with van der Waals surface area (Å²) < 4.78 is 41.2. The van der Waals surface area contributed by atoms with E-state index in [1.165, 1.54) is 11.0 Å². The van der Waals surface area contributed by atoms with Gasteiger partial charge in [0.25, 0.3) is 17.7 Å². The number of esters is 1. The Morgan fingerprint density at radius 2 is 1.69 bits per heavy atom. The van der Waals surface area contributed by atoms with Gasteiger partial charge in [0.15, 0.2) is 11.4 Å². The number of rotatable bonds is 16. The van der Waals surface area contributed by atoms with Crippen LogP contribution in [0.5, 0.6) is 5.75 Å². The van der Waals surface area contributed by atoms with Crippen molar-refractivity contribution in [2.45, 2.75) is 116 Å². The van der Waals surface area contributed by atoms with E-state index in [2.05, 4.69) is 13.0 Å². The number of hydrogen-bond acceptors (Lipinski definition) is 10. The van der Waals surface area contributed by atoms with Gasteiger partial charge in [0, 0.05) is 24.3 Å². The quantitative estimate of drug-likeness (QED) is 0.0589. The zero-order chi connectivity index (χ0) is 48.0. The van der Waals surface area contributed by atoms with Crippen LogP contribution >= 0.6 is 46.4 Å². The zero-order valence-electron chi connectivity index (χ0n) is 37.9. The van der Waals surface area contributed by atoms with E-state index in [9.17, 15) is 28.4 Å². The van der Waals surface area contributed by atoms with Crippen molar-refractivity contribution >= 4 is 87.4 Å². The molecule has 1 aliphatic carbocycles. The highest BCUT2D eigenvalue weighted by atomic mass is 35.5. The molecule has 13 nitrogen and oxygen atoms in total. The van der Waals surface area contributed by atoms with E-state index in [1.807, 2.05) is 39.0 Å². The van der Waals surface area contributed by atoms with Gasteiger partial charge in [-0.1, -0.05) is 79.7 Å². The van der Waals surface area contributed by atoms with E-state index in [4.69, 9.17) is 69.8 Å². The Hall–Kier alpha value is -4.18. The number of halogens is 5. The van der Waals surface area contributed by atoms with Crippen LogP contribution in [0.15, 0.2) is 64.3 Å². The first kappa shape index (κ1) is 53.4. The van der Waals surface area contributed by atoms with E-state index in [-0.39, 0.29) is 46.3 Å². The molecule has 1 saturated heterocycles. The molecule has 3 aromatic rings. The molecule has 0 spiro atoms. The molecule has 0 saturated carbocycles. The third-order valence-corrected chi connectivity index (χ3v) is 11.8. The zero-order valence-corrected chi connectivity index (χ0v) is 40.9. The molecule has 2 aromatic carbocycles. The summed E-state index contributed by atoms with van der Waals surface area (Å²) in [6.07, 6.45) is 7.57. The van der Waals surface area contributed by atoms with Crippen LogP contribution < -0.4 is 14.5 Å². The number of hydrogen-bond donors (Lipinski definition) is 0. The molecule has 1 aromatic heterocycles. The summed E-state index contributed by atoms with van der Waals surface area (Å²) >= 11 is 23.0. The normalized spacial score (nSPS) is 17.0. The number of ether oxygens (including phenoxy) is 4. The van der Waals surface area contributed by atoms with Crippen molar-refractivity contribution in [1.82, 2.24) is 4.90 Å². The Labute approximate surface area is 400 Å². The van der Waals surface area contributed by atoms with Crippen LogP contribution in [0.3, 0.4) is 0 Å². The largest absolute Gasteiger partial charge is 0.480 e. The lowest BCUT2D eigenvalue weighted by Gasteiger charge is -2.31. The Balaban J connectivity index is 0.000000224. The highest BCUT2D eigenvalue weighted by Crippen LogP contribution is 2.40. The lowest BCUT2D eigenvalue weighted by Crippen LogP contribution is -2.45. The summed E-state index contributed by atoms with van der Waals surface area (Å²) in [6, 6.07) is 11.8. The molecule has 3 aliphatic rings. The fourth-order valence-electron chi connectivity index (χ4n) is 7.73. The van der Waals surface area contributed by atoms with E-state index < -0.39 is 40.8 Å². The molecule has 4 amide bonds. The maximum absolute atomic E-state index is 14.5.